The lowest BCUT2D eigenvalue weighted by Gasteiger charge is -2.01. The molecule has 0 aliphatic carbocycles. The van der Waals surface area contributed by atoms with Crippen LogP contribution in [0.3, 0.4) is 0 Å². The number of azide groups is 1. The lowest BCUT2D eigenvalue weighted by Crippen LogP contribution is -1.87. The topological polar surface area (TPSA) is 48.8 Å². The van der Waals surface area contributed by atoms with Crippen molar-refractivity contribution in [3.8, 4) is 0 Å². The van der Waals surface area contributed by atoms with E-state index >= 15 is 0 Å². The molecular weight excluding hydrogens is 222 g/mol. The van der Waals surface area contributed by atoms with Gasteiger partial charge in [-0.15, -0.1) is 0 Å². The van der Waals surface area contributed by atoms with Crippen LogP contribution in [-0.2, 0) is 6.42 Å². The maximum absolute atomic E-state index is 8.61. The number of nitrogens with zero attached hydrogens (tertiary/aromatic N) is 3. The van der Waals surface area contributed by atoms with Crippen molar-refractivity contribution in [2.45, 2.75) is 6.42 Å². The Bertz CT molecular complexity index is 567. The molecule has 0 atom stereocenters. The molecule has 0 bridgehead atoms. The van der Waals surface area contributed by atoms with Gasteiger partial charge in [-0.2, -0.15) is 0 Å². The van der Waals surface area contributed by atoms with Crippen molar-refractivity contribution in [2.24, 2.45) is 5.11 Å². The van der Waals surface area contributed by atoms with Crippen molar-refractivity contribution in [3.05, 3.63) is 87.9 Å². The molecule has 0 amide bonds. The molecule has 2 aromatic rings. The summed E-state index contributed by atoms with van der Waals surface area (Å²) in [6, 6.07) is 19.8. The molecule has 18 heavy (non-hydrogen) atoms. The second kappa shape index (κ2) is 6.28. The summed E-state index contributed by atoms with van der Waals surface area (Å²) in [5.74, 6) is 0. The lowest BCUT2D eigenvalue weighted by atomic mass is 10.1. The van der Waals surface area contributed by atoms with E-state index in [1.54, 1.807) is 0 Å². The van der Waals surface area contributed by atoms with E-state index in [2.05, 4.69) is 10.0 Å². The third kappa shape index (κ3) is 3.51. The van der Waals surface area contributed by atoms with E-state index in [1.165, 1.54) is 0 Å². The summed E-state index contributed by atoms with van der Waals surface area (Å²) in [5, 5.41) is 3.76. The van der Waals surface area contributed by atoms with Gasteiger partial charge in [0.1, 0.15) is 0 Å². The summed E-state index contributed by atoms with van der Waals surface area (Å²) in [6.07, 6.45) is 2.55. The number of benzene rings is 2. The van der Waals surface area contributed by atoms with Crippen LogP contribution in [0.2, 0.25) is 0 Å². The normalized spacial score (nSPS) is 10.8. The van der Waals surface area contributed by atoms with Crippen LogP contribution in [0, 0.1) is 0 Å². The maximum atomic E-state index is 8.61. The molecule has 0 aliphatic heterocycles. The Morgan fingerprint density at radius 1 is 1.00 bits per heavy atom. The highest BCUT2D eigenvalue weighted by Crippen LogP contribution is 2.13. The van der Waals surface area contributed by atoms with Crippen molar-refractivity contribution < 1.29 is 0 Å². The van der Waals surface area contributed by atoms with Crippen LogP contribution in [-0.4, -0.2) is 0 Å². The van der Waals surface area contributed by atoms with Gasteiger partial charge in [0.2, 0.25) is 0 Å². The van der Waals surface area contributed by atoms with E-state index in [4.69, 9.17) is 5.53 Å². The highest BCUT2D eigenvalue weighted by molar-refractivity contribution is 5.53. The number of allylic oxidation sites excluding steroid dienone is 1. The first kappa shape index (κ1) is 12.0. The van der Waals surface area contributed by atoms with Gasteiger partial charge in [-0.1, -0.05) is 65.8 Å². The van der Waals surface area contributed by atoms with Crippen LogP contribution in [0.1, 0.15) is 11.1 Å². The van der Waals surface area contributed by atoms with Crippen molar-refractivity contribution >= 4 is 6.08 Å². The Balaban J connectivity index is 2.24. The average Bonchev–Trinajstić information content (AvgIpc) is 2.41. The van der Waals surface area contributed by atoms with Crippen LogP contribution in [0.25, 0.3) is 16.5 Å². The lowest BCUT2D eigenvalue weighted by molar-refractivity contribution is 1.11. The molecule has 0 heterocycles. The van der Waals surface area contributed by atoms with Gasteiger partial charge in [0.15, 0.2) is 0 Å². The Morgan fingerprint density at radius 3 is 2.22 bits per heavy atom. The van der Waals surface area contributed by atoms with Crippen LogP contribution >= 0.6 is 0 Å². The Morgan fingerprint density at radius 2 is 1.61 bits per heavy atom. The minimum Gasteiger partial charge on any atom is -0.0647 e. The zero-order valence-corrected chi connectivity index (χ0v) is 9.90. The molecule has 0 radical (unpaired) electrons. The molecule has 0 aliphatic rings. The molecule has 0 aromatic heterocycles. The van der Waals surface area contributed by atoms with Gasteiger partial charge in [0.05, 0.1) is 0 Å². The third-order valence-electron chi connectivity index (χ3n) is 2.53. The largest absolute Gasteiger partial charge is 0.0647 e. The first-order chi connectivity index (χ1) is 8.88. The highest BCUT2D eigenvalue weighted by Gasteiger charge is 1.97. The van der Waals surface area contributed by atoms with Crippen molar-refractivity contribution in [1.82, 2.24) is 0 Å². The van der Waals surface area contributed by atoms with E-state index in [0.717, 1.165) is 16.8 Å². The molecule has 0 fully saturated rings. The molecule has 0 N–H and O–H groups in total. The zero-order chi connectivity index (χ0) is 12.6. The first-order valence-electron chi connectivity index (χ1n) is 5.73. The van der Waals surface area contributed by atoms with Gasteiger partial charge in [-0.05, 0) is 29.2 Å². The smallest absolute Gasteiger partial charge is 0.0200 e. The molecule has 3 nitrogen and oxygen atoms in total. The summed E-state index contributed by atoms with van der Waals surface area (Å²) in [4.78, 5) is 2.89. The Labute approximate surface area is 106 Å². The Hall–Kier alpha value is -2.51. The summed E-state index contributed by atoms with van der Waals surface area (Å²) >= 11 is 0. The highest BCUT2D eigenvalue weighted by atomic mass is 15.1. The fourth-order valence-electron chi connectivity index (χ4n) is 1.72. The molecule has 0 unspecified atom stereocenters. The van der Waals surface area contributed by atoms with Gasteiger partial charge in [0.25, 0.3) is 0 Å². The van der Waals surface area contributed by atoms with Crippen LogP contribution in [0.4, 0.5) is 0 Å². The number of rotatable bonds is 4. The predicted molar refractivity (Wildman–Crippen MR) is 73.7 cm³/mol. The summed E-state index contributed by atoms with van der Waals surface area (Å²) < 4.78 is 0. The molecule has 0 spiro atoms. The molecule has 2 aromatic carbocycles. The molecular formula is C15H13N3. The van der Waals surface area contributed by atoms with Gasteiger partial charge in [0, 0.05) is 10.6 Å². The fraction of sp³-hybridized carbons (Fsp3) is 0.0667. The number of hydrogen-bond acceptors (Lipinski definition) is 1. The Kier molecular flexibility index (Phi) is 4.17. The standard InChI is InChI=1S/C15H13N3/c16-18-17-15(11-13-7-3-1-4-8-13)12-14-9-5-2-6-10-14/h1-11H,12H2. The van der Waals surface area contributed by atoms with Crippen LogP contribution < -0.4 is 0 Å². The zero-order valence-electron chi connectivity index (χ0n) is 9.90. The number of hydrogen-bond donors (Lipinski definition) is 0. The molecule has 88 valence electrons. The molecule has 2 rings (SSSR count). The second-order valence-electron chi connectivity index (χ2n) is 3.90. The van der Waals surface area contributed by atoms with Crippen LogP contribution in [0.5, 0.6) is 0 Å². The predicted octanol–water partition coefficient (Wildman–Crippen LogP) is 4.58. The van der Waals surface area contributed by atoms with Crippen molar-refractivity contribution in [2.75, 3.05) is 0 Å². The van der Waals surface area contributed by atoms with E-state index < -0.39 is 0 Å². The van der Waals surface area contributed by atoms with E-state index in [0.29, 0.717) is 6.42 Å². The minimum absolute atomic E-state index is 0.639. The average molecular weight is 235 g/mol. The quantitative estimate of drug-likeness (QED) is 0.423. The summed E-state index contributed by atoms with van der Waals surface area (Å²) in [7, 11) is 0. The van der Waals surface area contributed by atoms with Gasteiger partial charge in [-0.3, -0.25) is 0 Å². The van der Waals surface area contributed by atoms with Gasteiger partial charge < -0.3 is 0 Å². The van der Waals surface area contributed by atoms with Crippen LogP contribution in [0.15, 0.2) is 71.5 Å². The SMILES string of the molecule is [N-]=[N+]=NC(=Cc1ccccc1)Cc1ccccc1. The monoisotopic (exact) mass is 235 g/mol. The molecule has 0 saturated carbocycles. The van der Waals surface area contributed by atoms with Crippen molar-refractivity contribution in [1.29, 1.82) is 0 Å². The summed E-state index contributed by atoms with van der Waals surface area (Å²) in [6.45, 7) is 0. The second-order valence-corrected chi connectivity index (χ2v) is 3.90. The first-order valence-corrected chi connectivity index (χ1v) is 5.73. The molecule has 3 heteroatoms. The molecule has 0 saturated heterocycles. The van der Waals surface area contributed by atoms with Gasteiger partial charge >= 0.3 is 0 Å². The van der Waals surface area contributed by atoms with Crippen molar-refractivity contribution in [3.63, 3.8) is 0 Å². The minimum atomic E-state index is 0.639. The third-order valence-corrected chi connectivity index (χ3v) is 2.53. The maximum Gasteiger partial charge on any atom is 0.0200 e. The van der Waals surface area contributed by atoms with E-state index in [1.807, 2.05) is 66.7 Å². The fourth-order valence-corrected chi connectivity index (χ4v) is 1.72. The van der Waals surface area contributed by atoms with Gasteiger partial charge in [-0.25, -0.2) is 0 Å². The van der Waals surface area contributed by atoms with E-state index in [-0.39, 0.29) is 0 Å². The van der Waals surface area contributed by atoms with E-state index in [9.17, 15) is 0 Å². The summed E-state index contributed by atoms with van der Waals surface area (Å²) in [5.41, 5.74) is 11.5.